The zero-order valence-corrected chi connectivity index (χ0v) is 11.2. The lowest BCUT2D eigenvalue weighted by Crippen LogP contribution is -2.05. The number of aromatic nitrogens is 1. The average molecular weight is 239 g/mol. The molecule has 0 bridgehead atoms. The van der Waals surface area contributed by atoms with Crippen LogP contribution in [0, 0.1) is 27.7 Å². The lowest BCUT2D eigenvalue weighted by molar-refractivity contribution is 0.103. The lowest BCUT2D eigenvalue weighted by Gasteiger charge is -2.09. The normalized spacial score (nSPS) is 10.4. The molecular formula is C16H17NO. The van der Waals surface area contributed by atoms with Gasteiger partial charge >= 0.3 is 0 Å². The number of benzene rings is 1. The summed E-state index contributed by atoms with van der Waals surface area (Å²) >= 11 is 0. The van der Waals surface area contributed by atoms with Crippen LogP contribution in [0.1, 0.15) is 38.3 Å². The summed E-state index contributed by atoms with van der Waals surface area (Å²) in [7, 11) is 0. The molecule has 0 aliphatic rings. The first kappa shape index (κ1) is 12.5. The first-order chi connectivity index (χ1) is 8.49. The number of carbonyl (C=O) groups excluding carboxylic acids is 1. The van der Waals surface area contributed by atoms with Gasteiger partial charge in [-0.1, -0.05) is 6.07 Å². The van der Waals surface area contributed by atoms with Crippen molar-refractivity contribution in [1.82, 2.24) is 4.98 Å². The van der Waals surface area contributed by atoms with E-state index in [9.17, 15) is 4.79 Å². The minimum absolute atomic E-state index is 0.0445. The summed E-state index contributed by atoms with van der Waals surface area (Å²) in [6, 6.07) is 7.72. The molecule has 18 heavy (non-hydrogen) atoms. The van der Waals surface area contributed by atoms with E-state index in [1.165, 1.54) is 5.56 Å². The maximum absolute atomic E-state index is 12.4. The first-order valence-corrected chi connectivity index (χ1v) is 6.04. The maximum atomic E-state index is 12.4. The quantitative estimate of drug-likeness (QED) is 0.750. The summed E-state index contributed by atoms with van der Waals surface area (Å²) in [4.78, 5) is 16.6. The number of aryl methyl sites for hydroxylation is 4. The van der Waals surface area contributed by atoms with Gasteiger partial charge in [0.2, 0.25) is 0 Å². The fourth-order valence-electron chi connectivity index (χ4n) is 1.96. The molecule has 2 nitrogen and oxygen atoms in total. The van der Waals surface area contributed by atoms with Crippen molar-refractivity contribution in [2.45, 2.75) is 27.7 Å². The van der Waals surface area contributed by atoms with Crippen molar-refractivity contribution >= 4 is 5.78 Å². The Morgan fingerprint density at radius 3 is 2.22 bits per heavy atom. The Kier molecular flexibility index (Phi) is 3.28. The smallest absolute Gasteiger partial charge is 0.194 e. The van der Waals surface area contributed by atoms with E-state index in [0.29, 0.717) is 5.56 Å². The molecule has 2 rings (SSSR count). The van der Waals surface area contributed by atoms with Gasteiger partial charge in [0.25, 0.3) is 0 Å². The SMILES string of the molecule is Cc1ccc(C(=O)c2cc(C)c(C)cc2C)cn1. The summed E-state index contributed by atoms with van der Waals surface area (Å²) in [6.45, 7) is 7.97. The Labute approximate surface area is 108 Å². The molecule has 0 N–H and O–H groups in total. The van der Waals surface area contributed by atoms with Crippen LogP contribution in [-0.4, -0.2) is 10.8 Å². The lowest BCUT2D eigenvalue weighted by atomic mass is 9.95. The Morgan fingerprint density at radius 2 is 1.61 bits per heavy atom. The highest BCUT2D eigenvalue weighted by Gasteiger charge is 2.13. The van der Waals surface area contributed by atoms with Gasteiger partial charge in [0.05, 0.1) is 0 Å². The monoisotopic (exact) mass is 239 g/mol. The van der Waals surface area contributed by atoms with Gasteiger partial charge in [-0.15, -0.1) is 0 Å². The van der Waals surface area contributed by atoms with E-state index in [2.05, 4.69) is 18.0 Å². The van der Waals surface area contributed by atoms with Crippen LogP contribution in [0.25, 0.3) is 0 Å². The van der Waals surface area contributed by atoms with Crippen LogP contribution in [0.2, 0.25) is 0 Å². The van der Waals surface area contributed by atoms with Crippen molar-refractivity contribution in [2.24, 2.45) is 0 Å². The van der Waals surface area contributed by atoms with Crippen molar-refractivity contribution in [3.63, 3.8) is 0 Å². The fourth-order valence-corrected chi connectivity index (χ4v) is 1.96. The summed E-state index contributed by atoms with van der Waals surface area (Å²) in [6.07, 6.45) is 1.65. The molecule has 92 valence electrons. The molecule has 1 aromatic heterocycles. The Morgan fingerprint density at radius 1 is 0.944 bits per heavy atom. The second kappa shape index (κ2) is 4.73. The highest BCUT2D eigenvalue weighted by Crippen LogP contribution is 2.18. The summed E-state index contributed by atoms with van der Waals surface area (Å²) in [5, 5.41) is 0. The average Bonchev–Trinajstić information content (AvgIpc) is 2.34. The Hall–Kier alpha value is -1.96. The van der Waals surface area contributed by atoms with Crippen LogP contribution < -0.4 is 0 Å². The number of carbonyl (C=O) groups is 1. The van der Waals surface area contributed by atoms with Gasteiger partial charge in [-0.05, 0) is 62.6 Å². The number of hydrogen-bond acceptors (Lipinski definition) is 2. The number of ketones is 1. The van der Waals surface area contributed by atoms with Crippen molar-refractivity contribution in [2.75, 3.05) is 0 Å². The van der Waals surface area contributed by atoms with E-state index < -0.39 is 0 Å². The maximum Gasteiger partial charge on any atom is 0.194 e. The second-order valence-electron chi connectivity index (χ2n) is 4.77. The molecule has 0 aliphatic carbocycles. The van der Waals surface area contributed by atoms with E-state index >= 15 is 0 Å². The highest BCUT2D eigenvalue weighted by molar-refractivity contribution is 6.09. The highest BCUT2D eigenvalue weighted by atomic mass is 16.1. The van der Waals surface area contributed by atoms with Crippen molar-refractivity contribution in [3.05, 3.63) is 64.0 Å². The number of hydrogen-bond donors (Lipinski definition) is 0. The molecule has 0 atom stereocenters. The minimum atomic E-state index is 0.0445. The van der Waals surface area contributed by atoms with Crippen molar-refractivity contribution in [1.29, 1.82) is 0 Å². The number of nitrogens with zero attached hydrogens (tertiary/aromatic N) is 1. The van der Waals surface area contributed by atoms with Crippen molar-refractivity contribution in [3.8, 4) is 0 Å². The minimum Gasteiger partial charge on any atom is -0.289 e. The number of rotatable bonds is 2. The van der Waals surface area contributed by atoms with Crippen LogP contribution in [0.5, 0.6) is 0 Å². The topological polar surface area (TPSA) is 30.0 Å². The molecule has 0 saturated heterocycles. The summed E-state index contributed by atoms with van der Waals surface area (Å²) in [5.41, 5.74) is 5.71. The van der Waals surface area contributed by atoms with Gasteiger partial charge < -0.3 is 0 Å². The third-order valence-electron chi connectivity index (χ3n) is 3.26. The molecule has 0 aliphatic heterocycles. The number of pyridine rings is 1. The van der Waals surface area contributed by atoms with Gasteiger partial charge in [-0.25, -0.2) is 0 Å². The molecule has 0 unspecified atom stereocenters. The van der Waals surface area contributed by atoms with Crippen LogP contribution in [0.4, 0.5) is 0 Å². The molecule has 1 aromatic carbocycles. The van der Waals surface area contributed by atoms with Gasteiger partial charge in [0.1, 0.15) is 0 Å². The predicted octanol–water partition coefficient (Wildman–Crippen LogP) is 3.55. The molecule has 2 aromatic rings. The predicted molar refractivity (Wildman–Crippen MR) is 73.1 cm³/mol. The molecule has 0 saturated carbocycles. The van der Waals surface area contributed by atoms with Gasteiger partial charge in [-0.2, -0.15) is 0 Å². The van der Waals surface area contributed by atoms with E-state index in [1.807, 2.05) is 39.0 Å². The van der Waals surface area contributed by atoms with Crippen molar-refractivity contribution < 1.29 is 4.79 Å². The fraction of sp³-hybridized carbons (Fsp3) is 0.250. The molecule has 0 spiro atoms. The molecular weight excluding hydrogens is 222 g/mol. The Bertz CT molecular complexity index is 597. The third-order valence-corrected chi connectivity index (χ3v) is 3.26. The van der Waals surface area contributed by atoms with Gasteiger partial charge in [0.15, 0.2) is 5.78 Å². The van der Waals surface area contributed by atoms with Crippen LogP contribution in [0.15, 0.2) is 30.5 Å². The van der Waals surface area contributed by atoms with Crippen LogP contribution in [-0.2, 0) is 0 Å². The van der Waals surface area contributed by atoms with E-state index in [-0.39, 0.29) is 5.78 Å². The summed E-state index contributed by atoms with van der Waals surface area (Å²) < 4.78 is 0. The second-order valence-corrected chi connectivity index (χ2v) is 4.77. The van der Waals surface area contributed by atoms with E-state index in [4.69, 9.17) is 0 Å². The zero-order chi connectivity index (χ0) is 13.3. The van der Waals surface area contributed by atoms with Gasteiger partial charge in [0, 0.05) is 23.0 Å². The zero-order valence-electron chi connectivity index (χ0n) is 11.2. The third kappa shape index (κ3) is 2.33. The molecule has 1 heterocycles. The van der Waals surface area contributed by atoms with Gasteiger partial charge in [-0.3, -0.25) is 9.78 Å². The Balaban J connectivity index is 2.46. The molecule has 0 amide bonds. The first-order valence-electron chi connectivity index (χ1n) is 6.04. The summed E-state index contributed by atoms with van der Waals surface area (Å²) in [5.74, 6) is 0.0445. The molecule has 0 radical (unpaired) electrons. The largest absolute Gasteiger partial charge is 0.289 e. The van der Waals surface area contributed by atoms with E-state index in [0.717, 1.165) is 22.4 Å². The molecule has 2 heteroatoms. The standard InChI is InChI=1S/C16H17NO/c1-10-7-12(3)15(8-11(10)2)16(18)14-6-5-13(4)17-9-14/h5-9H,1-4H3. The van der Waals surface area contributed by atoms with E-state index in [1.54, 1.807) is 6.20 Å². The molecule has 0 fully saturated rings. The van der Waals surface area contributed by atoms with Crippen LogP contribution >= 0.6 is 0 Å². The van der Waals surface area contributed by atoms with Crippen LogP contribution in [0.3, 0.4) is 0 Å².